The minimum Gasteiger partial charge on any atom is -0.508 e. The number of anilines is 2. The second-order valence-electron chi connectivity index (χ2n) is 11.4. The number of nitrogens with one attached hydrogen (secondary N) is 4. The quantitative estimate of drug-likeness (QED) is 0.141. The summed E-state index contributed by atoms with van der Waals surface area (Å²) >= 11 is 0. The minimum atomic E-state index is -0.128. The molecule has 2 aliphatic rings. The molecule has 12 heteroatoms. The Morgan fingerprint density at radius 1 is 0.723 bits per heavy atom. The van der Waals surface area contributed by atoms with Gasteiger partial charge in [-0.2, -0.15) is 0 Å². The third-order valence-electron chi connectivity index (χ3n) is 8.33. The number of aromatic hydroxyl groups is 1. The van der Waals surface area contributed by atoms with Crippen LogP contribution in [0.15, 0.2) is 97.6 Å². The fourth-order valence-corrected chi connectivity index (χ4v) is 5.98. The molecule has 5 N–H and O–H groups in total. The first kappa shape index (κ1) is 29.7. The SMILES string of the molecule is CCCO[13c]1[13cH][13cH][13c](C2CNC(=O)N2c2ccc3nc[nH]c3c2)[13cH][13cH]1.O=C1NCC([13c]2[13cH][13cH][13c](O)[13cH][13cH]2)N1c1ccc2nc[nH]c2c1. The number of nitrogens with zero attached hydrogens (tertiary/aromatic N) is 4. The summed E-state index contributed by atoms with van der Waals surface area (Å²) in [4.78, 5) is 42.7. The van der Waals surface area contributed by atoms with Crippen molar-refractivity contribution in [3.63, 3.8) is 0 Å². The Morgan fingerprint density at radius 2 is 1.21 bits per heavy atom. The smallest absolute Gasteiger partial charge is 0.322 e. The number of fused-ring (bicyclic) bond motifs is 2. The number of carbonyl (C=O) groups excluding carboxylic acids is 2. The van der Waals surface area contributed by atoms with Crippen LogP contribution in [-0.4, -0.2) is 56.8 Å². The molecule has 4 amide bonds. The van der Waals surface area contributed by atoms with E-state index in [2.05, 4.69) is 37.5 Å². The second-order valence-corrected chi connectivity index (χ2v) is 11.4. The number of phenolic OH excluding ortho intramolecular Hbond substituents is 1. The van der Waals surface area contributed by atoms with E-state index in [0.29, 0.717) is 19.7 Å². The van der Waals surface area contributed by atoms with Gasteiger partial charge in [-0.1, -0.05) is 31.2 Å². The van der Waals surface area contributed by atoms with Gasteiger partial charge in [0.05, 0.1) is 53.4 Å². The topological polar surface area (TPSA) is 151 Å². The molecule has 4 heterocycles. The highest BCUT2D eigenvalue weighted by molar-refractivity contribution is 5.98. The number of amides is 4. The monoisotopic (exact) mass is 642 g/mol. The van der Waals surface area contributed by atoms with Gasteiger partial charge in [0.25, 0.3) is 0 Å². The Kier molecular flexibility index (Phi) is 8.05. The lowest BCUT2D eigenvalue weighted by Gasteiger charge is -2.23. The summed E-state index contributed by atoms with van der Waals surface area (Å²) in [6.07, 6.45) is 4.27. The molecule has 2 unspecified atom stereocenters. The van der Waals surface area contributed by atoms with Crippen LogP contribution >= 0.6 is 0 Å². The lowest BCUT2D eigenvalue weighted by atomic mass is 10.2. The van der Waals surface area contributed by atoms with Crippen LogP contribution in [0.1, 0.15) is 36.6 Å². The van der Waals surface area contributed by atoms with Crippen LogP contribution in [-0.2, 0) is 0 Å². The number of aromatic amines is 2. The molecule has 4 aromatic carbocycles. The van der Waals surface area contributed by atoms with E-state index < -0.39 is 0 Å². The summed E-state index contributed by atoms with van der Waals surface area (Å²) in [7, 11) is 0. The number of hydrogen-bond acceptors (Lipinski definition) is 6. The molecule has 2 atom stereocenters. The zero-order chi connectivity index (χ0) is 32.3. The average molecular weight is 643 g/mol. The van der Waals surface area contributed by atoms with Gasteiger partial charge < -0.3 is 30.4 Å². The molecular formula is C35H34N8O4. The number of benzene rings is 4. The number of aromatic nitrogens is 4. The summed E-state index contributed by atoms with van der Waals surface area (Å²) in [6, 6.07) is 26.1. The van der Waals surface area contributed by atoms with Gasteiger partial charge in [0.15, 0.2) is 0 Å². The molecule has 47 heavy (non-hydrogen) atoms. The Hall–Kier alpha value is -6.04. The fourth-order valence-electron chi connectivity index (χ4n) is 5.98. The fraction of sp³-hybridized carbons (Fsp3) is 0.200. The maximum atomic E-state index is 12.4. The van der Waals surface area contributed by atoms with Crippen molar-refractivity contribution >= 4 is 45.5 Å². The highest BCUT2D eigenvalue weighted by Gasteiger charge is 2.34. The first-order chi connectivity index (χ1) is 23.0. The van der Waals surface area contributed by atoms with Crippen LogP contribution in [0.3, 0.4) is 0 Å². The van der Waals surface area contributed by atoms with E-state index in [9.17, 15) is 14.7 Å². The summed E-state index contributed by atoms with van der Waals surface area (Å²) in [5.74, 6) is 1.07. The maximum absolute atomic E-state index is 12.4. The van der Waals surface area contributed by atoms with Crippen LogP contribution in [0.2, 0.25) is 0 Å². The zero-order valence-electron chi connectivity index (χ0n) is 25.7. The zero-order valence-corrected chi connectivity index (χ0v) is 25.7. The number of hydrogen-bond donors (Lipinski definition) is 5. The average Bonchev–Trinajstić information content (AvgIpc) is 3.91. The number of carbonyl (C=O) groups is 2. The molecule has 0 spiro atoms. The molecule has 12 nitrogen and oxygen atoms in total. The Morgan fingerprint density at radius 3 is 1.70 bits per heavy atom. The Balaban J connectivity index is 0.000000151. The van der Waals surface area contributed by atoms with Gasteiger partial charge in [0.2, 0.25) is 0 Å². The first-order valence-electron chi connectivity index (χ1n) is 15.5. The van der Waals surface area contributed by atoms with E-state index in [4.69, 9.17) is 4.74 Å². The molecule has 2 fully saturated rings. The van der Waals surface area contributed by atoms with Gasteiger partial charge in [-0.15, -0.1) is 0 Å². The summed E-state index contributed by atoms with van der Waals surface area (Å²) in [6.45, 7) is 3.90. The number of imidazole rings is 2. The molecule has 2 aliphatic heterocycles. The normalized spacial score (nSPS) is 17.5. The molecule has 238 valence electrons. The van der Waals surface area contributed by atoms with Gasteiger partial charge in [-0.3, -0.25) is 9.80 Å². The van der Waals surface area contributed by atoms with Crippen LogP contribution in [0.4, 0.5) is 21.0 Å². The van der Waals surface area contributed by atoms with Crippen molar-refractivity contribution in [1.82, 2.24) is 30.6 Å². The molecule has 0 aliphatic carbocycles. The molecule has 2 aromatic heterocycles. The van der Waals surface area contributed by atoms with Crippen molar-refractivity contribution in [2.75, 3.05) is 29.5 Å². The van der Waals surface area contributed by atoms with Crippen LogP contribution in [0, 0.1) is 0 Å². The third kappa shape index (κ3) is 6.00. The van der Waals surface area contributed by atoms with Crippen LogP contribution in [0.5, 0.6) is 11.5 Å². The van der Waals surface area contributed by atoms with E-state index >= 15 is 0 Å². The molecule has 0 bridgehead atoms. The molecule has 0 saturated carbocycles. The lowest BCUT2D eigenvalue weighted by Crippen LogP contribution is -2.29. The predicted octanol–water partition coefficient (Wildman–Crippen LogP) is 6.16. The van der Waals surface area contributed by atoms with Gasteiger partial charge >= 0.3 is 12.1 Å². The first-order valence-corrected chi connectivity index (χ1v) is 15.5. The Labute approximate surface area is 270 Å². The van der Waals surface area contributed by atoms with Crippen molar-refractivity contribution in [1.29, 1.82) is 0 Å². The highest BCUT2D eigenvalue weighted by Crippen LogP contribution is 2.34. The van der Waals surface area contributed by atoms with E-state index in [0.717, 1.165) is 56.7 Å². The number of phenols is 1. The van der Waals surface area contributed by atoms with E-state index in [1.165, 1.54) is 0 Å². The van der Waals surface area contributed by atoms with Gasteiger partial charge in [-0.05, 0) is 78.2 Å². The van der Waals surface area contributed by atoms with Crippen LogP contribution in [0.25, 0.3) is 22.1 Å². The van der Waals surface area contributed by atoms with Crippen molar-refractivity contribution in [3.8, 4) is 11.5 Å². The lowest BCUT2D eigenvalue weighted by molar-refractivity contribution is 0.251. The van der Waals surface area contributed by atoms with Crippen LogP contribution < -0.4 is 25.2 Å². The minimum absolute atomic E-state index is 0.0481. The maximum Gasteiger partial charge on any atom is 0.322 e. The highest BCUT2D eigenvalue weighted by atomic mass is 16.6. The molecule has 2 saturated heterocycles. The van der Waals surface area contributed by atoms with Gasteiger partial charge in [0.1, 0.15) is 11.5 Å². The molecule has 8 rings (SSSR count). The second kappa shape index (κ2) is 12.8. The predicted molar refractivity (Wildman–Crippen MR) is 180 cm³/mol. The number of ether oxygens (including phenoxy) is 1. The van der Waals surface area contributed by atoms with Gasteiger partial charge in [0, 0.05) is 24.5 Å². The molecule has 0 radical (unpaired) electrons. The Bertz CT molecular complexity index is 2020. The number of urea groups is 2. The van der Waals surface area contributed by atoms with Crippen molar-refractivity contribution in [2.24, 2.45) is 0 Å². The summed E-state index contributed by atoms with van der Waals surface area (Å²) in [5, 5.41) is 15.2. The number of H-pyrrole nitrogens is 2. The molecular weight excluding hydrogens is 608 g/mol. The third-order valence-corrected chi connectivity index (χ3v) is 8.33. The van der Waals surface area contributed by atoms with E-state index in [1.807, 2.05) is 72.8 Å². The van der Waals surface area contributed by atoms with Crippen molar-refractivity contribution < 1.29 is 19.4 Å². The standard InChI is InChI=1S/C19H20N4O2.C16H14N4O2/c1-2-9-25-15-6-3-13(4-7-15)18-11-20-19(24)23(18)14-5-8-16-17(10-14)22-12-21-16;21-12-4-1-10(2-5-12)15-8-17-16(22)20(15)11-3-6-13-14(7-11)19-9-18-13/h3-8,10,12,18H,2,9,11H2,1H3,(H,20,24)(H,21,22);1-7,9,15,21H,8H2,(H,17,22)(H,18,19)/i3+1,4+1,6+1,7+1,13+1,15+1;1+1,2+1,4+1,5+1,10+1,12+1. The van der Waals surface area contributed by atoms with Gasteiger partial charge in [-0.25, -0.2) is 19.6 Å². The molecule has 6 aromatic rings. The van der Waals surface area contributed by atoms with Crippen molar-refractivity contribution in [3.05, 3.63) is 109 Å². The number of rotatable bonds is 7. The largest absolute Gasteiger partial charge is 0.508 e. The van der Waals surface area contributed by atoms with E-state index in [-0.39, 0.29) is 29.9 Å². The summed E-state index contributed by atoms with van der Waals surface area (Å²) < 4.78 is 5.64. The summed E-state index contributed by atoms with van der Waals surface area (Å²) in [5.41, 5.74) is 7.27. The van der Waals surface area contributed by atoms with E-state index in [1.54, 1.807) is 34.6 Å². The van der Waals surface area contributed by atoms with Crippen molar-refractivity contribution in [2.45, 2.75) is 25.4 Å².